The Morgan fingerprint density at radius 1 is 1.50 bits per heavy atom. The van der Waals surface area contributed by atoms with Crippen molar-refractivity contribution >= 4 is 0 Å². The zero-order chi connectivity index (χ0) is 11.6. The number of aliphatic hydroxyl groups is 1. The van der Waals surface area contributed by atoms with Gasteiger partial charge in [0.2, 0.25) is 0 Å². The molecule has 0 spiro atoms. The summed E-state index contributed by atoms with van der Waals surface area (Å²) in [6.07, 6.45) is 2.86. The first-order valence-corrected chi connectivity index (χ1v) is 5.92. The van der Waals surface area contributed by atoms with E-state index in [1.54, 1.807) is 0 Å². The van der Waals surface area contributed by atoms with E-state index in [9.17, 15) is 10.4 Å². The van der Waals surface area contributed by atoms with E-state index in [1.807, 2.05) is 25.1 Å². The smallest absolute Gasteiger partial charge is 0.108 e. The summed E-state index contributed by atoms with van der Waals surface area (Å²) in [5.41, 5.74) is 1.59. The molecule has 2 atom stereocenters. The molecule has 0 amide bonds. The van der Waals surface area contributed by atoms with Crippen LogP contribution in [-0.4, -0.2) is 11.2 Å². The Kier molecular flexibility index (Phi) is 2.98. The third kappa shape index (κ3) is 1.52. The Morgan fingerprint density at radius 3 is 2.94 bits per heavy atom. The summed E-state index contributed by atoms with van der Waals surface area (Å²) in [4.78, 5) is 0. The van der Waals surface area contributed by atoms with Gasteiger partial charge in [-0.2, -0.15) is 5.26 Å². The SMILES string of the molecule is CCC(O)C1(C#N)CCCc2ccccc21. The molecule has 1 aliphatic rings. The van der Waals surface area contributed by atoms with Crippen LogP contribution in [0.25, 0.3) is 0 Å². The van der Waals surface area contributed by atoms with Crippen molar-refractivity contribution < 1.29 is 5.11 Å². The summed E-state index contributed by atoms with van der Waals surface area (Å²) in [6, 6.07) is 10.4. The molecule has 0 aromatic heterocycles. The quantitative estimate of drug-likeness (QED) is 0.824. The number of rotatable bonds is 2. The third-order valence-corrected chi connectivity index (χ3v) is 3.67. The maximum atomic E-state index is 10.2. The molecule has 84 valence electrons. The Balaban J connectivity index is 2.54. The van der Waals surface area contributed by atoms with E-state index in [2.05, 4.69) is 12.1 Å². The highest BCUT2D eigenvalue weighted by molar-refractivity contribution is 5.42. The largest absolute Gasteiger partial charge is 0.391 e. The van der Waals surface area contributed by atoms with Crippen LogP contribution in [0.15, 0.2) is 24.3 Å². The van der Waals surface area contributed by atoms with Crippen molar-refractivity contribution in [2.24, 2.45) is 0 Å². The molecule has 1 N–H and O–H groups in total. The second-order valence-electron chi connectivity index (χ2n) is 4.52. The van der Waals surface area contributed by atoms with Gasteiger partial charge in [-0.05, 0) is 36.8 Å². The first-order valence-electron chi connectivity index (χ1n) is 5.92. The minimum Gasteiger partial charge on any atom is -0.391 e. The van der Waals surface area contributed by atoms with Gasteiger partial charge in [-0.1, -0.05) is 31.2 Å². The maximum Gasteiger partial charge on any atom is 0.108 e. The summed E-state index contributed by atoms with van der Waals surface area (Å²) in [7, 11) is 0. The molecule has 0 fully saturated rings. The molecule has 1 aliphatic carbocycles. The second kappa shape index (κ2) is 4.27. The summed E-state index contributed by atoms with van der Waals surface area (Å²) < 4.78 is 0. The number of benzene rings is 1. The van der Waals surface area contributed by atoms with E-state index in [1.165, 1.54) is 5.56 Å². The van der Waals surface area contributed by atoms with Crippen LogP contribution in [0, 0.1) is 11.3 Å². The van der Waals surface area contributed by atoms with Crippen molar-refractivity contribution in [2.75, 3.05) is 0 Å². The lowest BCUT2D eigenvalue weighted by Crippen LogP contribution is -2.40. The van der Waals surface area contributed by atoms with Crippen molar-refractivity contribution in [3.8, 4) is 6.07 Å². The van der Waals surface area contributed by atoms with Crippen molar-refractivity contribution in [2.45, 2.75) is 44.1 Å². The molecule has 0 saturated carbocycles. The van der Waals surface area contributed by atoms with E-state index in [0.29, 0.717) is 6.42 Å². The van der Waals surface area contributed by atoms with E-state index in [4.69, 9.17) is 0 Å². The van der Waals surface area contributed by atoms with Gasteiger partial charge in [0.15, 0.2) is 0 Å². The van der Waals surface area contributed by atoms with Crippen LogP contribution in [0.1, 0.15) is 37.3 Å². The highest BCUT2D eigenvalue weighted by Gasteiger charge is 2.42. The van der Waals surface area contributed by atoms with Crippen LogP contribution in [0.2, 0.25) is 0 Å². The molecule has 2 rings (SSSR count). The van der Waals surface area contributed by atoms with E-state index < -0.39 is 11.5 Å². The summed E-state index contributed by atoms with van der Waals surface area (Å²) in [5, 5.41) is 19.6. The number of fused-ring (bicyclic) bond motifs is 1. The molecular formula is C14H17NO. The van der Waals surface area contributed by atoms with E-state index >= 15 is 0 Å². The minimum absolute atomic E-state index is 0.557. The summed E-state index contributed by atoms with van der Waals surface area (Å²) in [5.74, 6) is 0. The Morgan fingerprint density at radius 2 is 2.25 bits per heavy atom. The van der Waals surface area contributed by atoms with Gasteiger partial charge in [-0.25, -0.2) is 0 Å². The highest BCUT2D eigenvalue weighted by atomic mass is 16.3. The zero-order valence-electron chi connectivity index (χ0n) is 9.61. The first kappa shape index (κ1) is 11.2. The van der Waals surface area contributed by atoms with Crippen molar-refractivity contribution in [3.05, 3.63) is 35.4 Å². The van der Waals surface area contributed by atoms with Crippen LogP contribution >= 0.6 is 0 Å². The number of nitriles is 1. The summed E-state index contributed by atoms with van der Waals surface area (Å²) in [6.45, 7) is 1.93. The Bertz CT molecular complexity index is 421. The molecule has 16 heavy (non-hydrogen) atoms. The van der Waals surface area contributed by atoms with E-state index in [0.717, 1.165) is 24.8 Å². The average Bonchev–Trinajstić information content (AvgIpc) is 2.37. The average molecular weight is 215 g/mol. The van der Waals surface area contributed by atoms with Gasteiger partial charge >= 0.3 is 0 Å². The Labute approximate surface area is 96.5 Å². The molecule has 1 aromatic carbocycles. The lowest BCUT2D eigenvalue weighted by Gasteiger charge is -2.36. The third-order valence-electron chi connectivity index (χ3n) is 3.67. The molecular weight excluding hydrogens is 198 g/mol. The fourth-order valence-electron chi connectivity index (χ4n) is 2.75. The fourth-order valence-corrected chi connectivity index (χ4v) is 2.75. The summed E-state index contributed by atoms with van der Waals surface area (Å²) >= 11 is 0. The van der Waals surface area contributed by atoms with Gasteiger partial charge in [-0.15, -0.1) is 0 Å². The Hall–Kier alpha value is -1.33. The topological polar surface area (TPSA) is 44.0 Å². The molecule has 0 bridgehead atoms. The molecule has 0 aliphatic heterocycles. The highest BCUT2D eigenvalue weighted by Crippen LogP contribution is 2.40. The normalized spacial score (nSPS) is 25.6. The van der Waals surface area contributed by atoms with Gasteiger partial charge in [0, 0.05) is 0 Å². The molecule has 2 heteroatoms. The number of aryl methyl sites for hydroxylation is 1. The minimum atomic E-state index is -0.677. The van der Waals surface area contributed by atoms with Crippen molar-refractivity contribution in [1.82, 2.24) is 0 Å². The van der Waals surface area contributed by atoms with Crippen LogP contribution < -0.4 is 0 Å². The standard InChI is InChI=1S/C14H17NO/c1-2-13(16)14(10-15)9-5-7-11-6-3-4-8-12(11)14/h3-4,6,8,13,16H,2,5,7,9H2,1H3. The van der Waals surface area contributed by atoms with Crippen molar-refractivity contribution in [1.29, 1.82) is 5.26 Å². The predicted molar refractivity (Wildman–Crippen MR) is 63.0 cm³/mol. The first-order chi connectivity index (χ1) is 7.74. The predicted octanol–water partition coefficient (Wildman–Crippen LogP) is 2.56. The number of hydrogen-bond acceptors (Lipinski definition) is 2. The molecule has 2 nitrogen and oxygen atoms in total. The van der Waals surface area contributed by atoms with Crippen molar-refractivity contribution in [3.63, 3.8) is 0 Å². The molecule has 2 unspecified atom stereocenters. The fraction of sp³-hybridized carbons (Fsp3) is 0.500. The molecule has 1 aromatic rings. The van der Waals surface area contributed by atoms with Gasteiger partial charge in [0.1, 0.15) is 5.41 Å². The van der Waals surface area contributed by atoms with Gasteiger partial charge < -0.3 is 5.11 Å². The van der Waals surface area contributed by atoms with Crippen LogP contribution in [0.5, 0.6) is 0 Å². The molecule has 0 radical (unpaired) electrons. The molecule has 0 saturated heterocycles. The number of hydrogen-bond donors (Lipinski definition) is 1. The zero-order valence-corrected chi connectivity index (χ0v) is 9.61. The lowest BCUT2D eigenvalue weighted by atomic mass is 9.67. The monoisotopic (exact) mass is 215 g/mol. The van der Waals surface area contributed by atoms with Gasteiger partial charge in [-0.3, -0.25) is 0 Å². The van der Waals surface area contributed by atoms with E-state index in [-0.39, 0.29) is 0 Å². The van der Waals surface area contributed by atoms with Crippen LogP contribution in [0.3, 0.4) is 0 Å². The number of nitrogens with zero attached hydrogens (tertiary/aromatic N) is 1. The van der Waals surface area contributed by atoms with Crippen LogP contribution in [0.4, 0.5) is 0 Å². The second-order valence-corrected chi connectivity index (χ2v) is 4.52. The van der Waals surface area contributed by atoms with Crippen LogP contribution in [-0.2, 0) is 11.8 Å². The van der Waals surface area contributed by atoms with Gasteiger partial charge in [0.25, 0.3) is 0 Å². The molecule has 0 heterocycles. The lowest BCUT2D eigenvalue weighted by molar-refractivity contribution is 0.0956. The van der Waals surface area contributed by atoms with Gasteiger partial charge in [0.05, 0.1) is 12.2 Å². The maximum absolute atomic E-state index is 10.2. The number of aliphatic hydroxyl groups excluding tert-OH is 1.